The number of nitrogens with zero attached hydrogens (tertiary/aromatic N) is 1. The van der Waals surface area contributed by atoms with Gasteiger partial charge in [0, 0.05) is 11.5 Å². The first-order valence-corrected chi connectivity index (χ1v) is 12.8. The summed E-state index contributed by atoms with van der Waals surface area (Å²) in [5, 5.41) is 9.97. The Kier molecular flexibility index (Phi) is 8.55. The van der Waals surface area contributed by atoms with Gasteiger partial charge in [0.1, 0.15) is 6.10 Å². The van der Waals surface area contributed by atoms with Crippen molar-refractivity contribution in [3.8, 4) is 0 Å². The van der Waals surface area contributed by atoms with E-state index < -0.39 is 41.6 Å². The lowest BCUT2D eigenvalue weighted by Crippen LogP contribution is -2.46. The minimum absolute atomic E-state index is 0.0886. The number of piperidine rings is 1. The lowest BCUT2D eigenvalue weighted by atomic mass is 9.68. The zero-order valence-electron chi connectivity index (χ0n) is 20.6. The van der Waals surface area contributed by atoms with Gasteiger partial charge in [-0.05, 0) is 80.9 Å². The van der Waals surface area contributed by atoms with Crippen molar-refractivity contribution in [1.82, 2.24) is 4.90 Å². The van der Waals surface area contributed by atoms with Gasteiger partial charge in [-0.3, -0.25) is 0 Å². The van der Waals surface area contributed by atoms with Gasteiger partial charge in [-0.25, -0.2) is 0 Å². The quantitative estimate of drug-likeness (QED) is 0.387. The highest BCUT2D eigenvalue weighted by Gasteiger charge is 2.41. The average Bonchev–Trinajstić information content (AvgIpc) is 2.89. The van der Waals surface area contributed by atoms with Crippen molar-refractivity contribution in [1.29, 1.82) is 0 Å². The molecule has 1 heterocycles. The highest BCUT2D eigenvalue weighted by atomic mass is 19.4. The molecular weight excluding hydrogens is 496 g/mol. The van der Waals surface area contributed by atoms with Crippen LogP contribution in [-0.4, -0.2) is 42.4 Å². The fourth-order valence-corrected chi connectivity index (χ4v) is 5.79. The molecule has 0 radical (unpaired) electrons. The normalized spacial score (nSPS) is 24.7. The van der Waals surface area contributed by atoms with E-state index in [1.807, 2.05) is 30.3 Å². The first kappa shape index (κ1) is 27.9. The third-order valence-electron chi connectivity index (χ3n) is 7.91. The van der Waals surface area contributed by atoms with Crippen molar-refractivity contribution in [3.63, 3.8) is 0 Å². The molecule has 3 nitrogen and oxygen atoms in total. The van der Waals surface area contributed by atoms with E-state index in [9.17, 15) is 31.4 Å². The highest BCUT2D eigenvalue weighted by molar-refractivity contribution is 5.35. The van der Waals surface area contributed by atoms with Crippen LogP contribution in [0.4, 0.5) is 26.3 Å². The molecule has 0 aromatic heterocycles. The topological polar surface area (TPSA) is 32.7 Å². The Morgan fingerprint density at radius 2 is 1.43 bits per heavy atom. The molecule has 1 aliphatic carbocycles. The number of benzene rings is 2. The van der Waals surface area contributed by atoms with Gasteiger partial charge < -0.3 is 14.7 Å². The Hall–Kier alpha value is -2.10. The van der Waals surface area contributed by atoms with Crippen molar-refractivity contribution >= 4 is 0 Å². The molecule has 1 saturated carbocycles. The Bertz CT molecular complexity index is 977. The van der Waals surface area contributed by atoms with Crippen LogP contribution < -0.4 is 0 Å². The van der Waals surface area contributed by atoms with Crippen LogP contribution in [0.5, 0.6) is 0 Å². The molecule has 2 aromatic rings. The van der Waals surface area contributed by atoms with Crippen molar-refractivity contribution in [3.05, 3.63) is 70.8 Å². The molecule has 0 unspecified atom stereocenters. The zero-order chi connectivity index (χ0) is 26.7. The molecule has 37 heavy (non-hydrogen) atoms. The van der Waals surface area contributed by atoms with Gasteiger partial charge in [0.2, 0.25) is 0 Å². The van der Waals surface area contributed by atoms with E-state index in [0.717, 1.165) is 44.3 Å². The summed E-state index contributed by atoms with van der Waals surface area (Å²) < 4.78 is 86.3. The molecule has 2 aliphatic rings. The molecule has 4 rings (SSSR count). The smallest absolute Gasteiger partial charge is 0.393 e. The molecule has 9 heteroatoms. The number of hydrogen-bond acceptors (Lipinski definition) is 3. The molecule has 0 bridgehead atoms. The molecule has 1 N–H and O–H groups in total. The fraction of sp³-hybridized carbons (Fsp3) is 0.571. The van der Waals surface area contributed by atoms with Crippen LogP contribution in [0.1, 0.15) is 73.3 Å². The van der Waals surface area contributed by atoms with E-state index >= 15 is 0 Å². The van der Waals surface area contributed by atoms with Crippen LogP contribution in [0.15, 0.2) is 48.5 Å². The predicted molar refractivity (Wildman–Crippen MR) is 128 cm³/mol. The van der Waals surface area contributed by atoms with E-state index in [4.69, 9.17) is 4.74 Å². The predicted octanol–water partition coefficient (Wildman–Crippen LogP) is 7.14. The summed E-state index contributed by atoms with van der Waals surface area (Å²) in [7, 11) is 0. The second kappa shape index (κ2) is 11.3. The molecular formula is C28H33F6NO2. The van der Waals surface area contributed by atoms with Crippen LogP contribution in [0.25, 0.3) is 0 Å². The zero-order valence-corrected chi connectivity index (χ0v) is 20.6. The second-order valence-electron chi connectivity index (χ2n) is 10.3. The van der Waals surface area contributed by atoms with Gasteiger partial charge >= 0.3 is 12.4 Å². The Labute approximate surface area is 213 Å². The van der Waals surface area contributed by atoms with E-state index in [0.29, 0.717) is 18.2 Å². The molecule has 1 saturated heterocycles. The van der Waals surface area contributed by atoms with Gasteiger partial charge in [-0.1, -0.05) is 36.8 Å². The van der Waals surface area contributed by atoms with Gasteiger partial charge in [0.15, 0.2) is 0 Å². The maximum atomic E-state index is 13.4. The van der Waals surface area contributed by atoms with Crippen molar-refractivity contribution < 1.29 is 36.2 Å². The maximum absolute atomic E-state index is 13.4. The number of aliphatic hydroxyl groups is 1. The molecule has 1 atom stereocenters. The Morgan fingerprint density at radius 3 is 1.95 bits per heavy atom. The number of halogens is 6. The molecule has 204 valence electrons. The van der Waals surface area contributed by atoms with Crippen LogP contribution >= 0.6 is 0 Å². The standard InChI is InChI=1S/C28H33F6NO2/c29-27(30,31)22-15-20(16-23(17-22)28(32,33)34)25(18-36)37-19-26(21-7-3-1-4-8-21)11-9-24(10-12-26)35-13-5-2-6-14-35/h1,3-4,7-8,15-17,24-25,36H,2,5-6,9-14,18-19H2/t24?,25-,26?/m1/s1. The van der Waals surface area contributed by atoms with Crippen molar-refractivity contribution in [2.75, 3.05) is 26.3 Å². The molecule has 0 spiro atoms. The van der Waals surface area contributed by atoms with E-state index in [-0.39, 0.29) is 18.2 Å². The SMILES string of the molecule is OC[C@@H](OCC1(c2ccccc2)CCC(N2CCCCC2)CC1)c1cc(C(F)(F)F)cc(C(F)(F)F)c1. The lowest BCUT2D eigenvalue weighted by Gasteiger charge is -2.45. The first-order valence-electron chi connectivity index (χ1n) is 12.8. The second-order valence-corrected chi connectivity index (χ2v) is 10.3. The van der Waals surface area contributed by atoms with Crippen LogP contribution in [0.3, 0.4) is 0 Å². The van der Waals surface area contributed by atoms with Gasteiger partial charge in [-0.2, -0.15) is 26.3 Å². The maximum Gasteiger partial charge on any atom is 0.416 e. The van der Waals surface area contributed by atoms with Crippen LogP contribution in [0, 0.1) is 0 Å². The van der Waals surface area contributed by atoms with E-state index in [2.05, 4.69) is 4.90 Å². The van der Waals surface area contributed by atoms with Crippen LogP contribution in [0.2, 0.25) is 0 Å². The number of likely N-dealkylation sites (tertiary alicyclic amines) is 1. The van der Waals surface area contributed by atoms with E-state index in [1.54, 1.807) is 0 Å². The summed E-state index contributed by atoms with van der Waals surface area (Å²) >= 11 is 0. The lowest BCUT2D eigenvalue weighted by molar-refractivity contribution is -0.143. The number of aliphatic hydroxyl groups excluding tert-OH is 1. The fourth-order valence-electron chi connectivity index (χ4n) is 5.79. The average molecular weight is 530 g/mol. The number of ether oxygens (including phenoxy) is 1. The summed E-state index contributed by atoms with van der Waals surface area (Å²) in [4.78, 5) is 2.54. The minimum atomic E-state index is -4.96. The summed E-state index contributed by atoms with van der Waals surface area (Å²) in [5.41, 5.74) is -2.58. The first-order chi connectivity index (χ1) is 17.5. The summed E-state index contributed by atoms with van der Waals surface area (Å²) in [6.45, 7) is 1.53. The Balaban J connectivity index is 1.57. The van der Waals surface area contributed by atoms with Gasteiger partial charge in [0.25, 0.3) is 0 Å². The van der Waals surface area contributed by atoms with Gasteiger partial charge in [0.05, 0.1) is 24.3 Å². The van der Waals surface area contributed by atoms with Crippen molar-refractivity contribution in [2.45, 2.75) is 74.9 Å². The minimum Gasteiger partial charge on any atom is -0.393 e. The Morgan fingerprint density at radius 1 is 0.865 bits per heavy atom. The number of rotatable bonds is 7. The van der Waals surface area contributed by atoms with E-state index in [1.165, 1.54) is 19.3 Å². The van der Waals surface area contributed by atoms with Crippen LogP contribution in [-0.2, 0) is 22.5 Å². The molecule has 2 fully saturated rings. The summed E-state index contributed by atoms with van der Waals surface area (Å²) in [6.07, 6.45) is -4.17. The van der Waals surface area contributed by atoms with Crippen molar-refractivity contribution in [2.24, 2.45) is 0 Å². The number of hydrogen-bond donors (Lipinski definition) is 1. The highest BCUT2D eigenvalue weighted by Crippen LogP contribution is 2.43. The summed E-state index contributed by atoms with van der Waals surface area (Å²) in [6, 6.07) is 11.5. The number of alkyl halides is 6. The molecule has 1 aliphatic heterocycles. The molecule has 2 aromatic carbocycles. The van der Waals surface area contributed by atoms with Gasteiger partial charge in [-0.15, -0.1) is 0 Å². The third-order valence-corrected chi connectivity index (χ3v) is 7.91. The largest absolute Gasteiger partial charge is 0.416 e. The monoisotopic (exact) mass is 529 g/mol. The summed E-state index contributed by atoms with van der Waals surface area (Å²) in [5.74, 6) is 0. The third kappa shape index (κ3) is 6.67. The molecule has 0 amide bonds.